The number of ether oxygens (including phenoxy) is 1. The van der Waals surface area contributed by atoms with Crippen molar-refractivity contribution in [3.8, 4) is 5.75 Å². The van der Waals surface area contributed by atoms with Gasteiger partial charge in [-0.3, -0.25) is 14.9 Å². The van der Waals surface area contributed by atoms with E-state index in [4.69, 9.17) is 4.74 Å². The quantitative estimate of drug-likeness (QED) is 0.502. The molecule has 2 aromatic rings. The standard InChI is InChI=1S/C15H13N3O4/c19-15(17-16-10-12-6-2-1-3-7-12)11-22-14-9-5-4-8-13(14)18(20)21/h1-10H,11H2,(H,17,19). The van der Waals surface area contributed by atoms with E-state index < -0.39 is 10.8 Å². The lowest BCUT2D eigenvalue weighted by atomic mass is 10.2. The van der Waals surface area contributed by atoms with E-state index >= 15 is 0 Å². The van der Waals surface area contributed by atoms with E-state index in [1.165, 1.54) is 24.4 Å². The topological polar surface area (TPSA) is 93.8 Å². The van der Waals surface area contributed by atoms with Gasteiger partial charge in [-0.1, -0.05) is 42.5 Å². The Morgan fingerprint density at radius 1 is 1.18 bits per heavy atom. The summed E-state index contributed by atoms with van der Waals surface area (Å²) in [5.74, 6) is -0.472. The van der Waals surface area contributed by atoms with Crippen LogP contribution in [0.4, 0.5) is 5.69 Å². The summed E-state index contributed by atoms with van der Waals surface area (Å²) in [4.78, 5) is 21.8. The second-order valence-corrected chi connectivity index (χ2v) is 4.22. The molecule has 0 aromatic heterocycles. The smallest absolute Gasteiger partial charge is 0.310 e. The Kier molecular flexibility index (Phi) is 5.20. The molecule has 0 heterocycles. The molecule has 0 unspecified atom stereocenters. The van der Waals surface area contributed by atoms with Gasteiger partial charge < -0.3 is 4.74 Å². The molecule has 2 aromatic carbocycles. The van der Waals surface area contributed by atoms with Crippen LogP contribution in [-0.2, 0) is 4.79 Å². The number of hydrogen-bond acceptors (Lipinski definition) is 5. The van der Waals surface area contributed by atoms with Gasteiger partial charge in [-0.05, 0) is 11.6 Å². The molecule has 0 aliphatic carbocycles. The molecular weight excluding hydrogens is 286 g/mol. The van der Waals surface area contributed by atoms with Crippen LogP contribution in [0.5, 0.6) is 5.75 Å². The fourth-order valence-corrected chi connectivity index (χ4v) is 1.62. The van der Waals surface area contributed by atoms with E-state index in [0.29, 0.717) is 0 Å². The molecule has 0 fully saturated rings. The molecule has 112 valence electrons. The van der Waals surface area contributed by atoms with Crippen LogP contribution in [0.1, 0.15) is 5.56 Å². The summed E-state index contributed by atoms with van der Waals surface area (Å²) in [6.07, 6.45) is 1.49. The number of nitrogens with one attached hydrogen (secondary N) is 1. The first-order valence-electron chi connectivity index (χ1n) is 6.40. The van der Waals surface area contributed by atoms with Crippen LogP contribution in [0, 0.1) is 10.1 Å². The van der Waals surface area contributed by atoms with Crippen molar-refractivity contribution in [3.05, 3.63) is 70.3 Å². The van der Waals surface area contributed by atoms with Crippen LogP contribution in [0.3, 0.4) is 0 Å². The maximum absolute atomic E-state index is 11.6. The van der Waals surface area contributed by atoms with Crippen LogP contribution in [0.25, 0.3) is 0 Å². The molecule has 2 rings (SSSR count). The Hall–Kier alpha value is -3.22. The molecule has 22 heavy (non-hydrogen) atoms. The lowest BCUT2D eigenvalue weighted by Gasteiger charge is -2.05. The number of nitro groups is 1. The molecule has 7 nitrogen and oxygen atoms in total. The van der Waals surface area contributed by atoms with Gasteiger partial charge in [-0.25, -0.2) is 5.43 Å². The third-order valence-corrected chi connectivity index (χ3v) is 2.62. The molecule has 1 amide bonds. The molecule has 0 aliphatic rings. The summed E-state index contributed by atoms with van der Waals surface area (Å²) in [6, 6.07) is 15.1. The Balaban J connectivity index is 1.86. The van der Waals surface area contributed by atoms with Crippen molar-refractivity contribution < 1.29 is 14.5 Å². The third-order valence-electron chi connectivity index (χ3n) is 2.62. The highest BCUT2D eigenvalue weighted by Crippen LogP contribution is 2.25. The molecular formula is C15H13N3O4. The number of hydrazone groups is 1. The molecule has 0 saturated heterocycles. The lowest BCUT2D eigenvalue weighted by Crippen LogP contribution is -2.24. The van der Waals surface area contributed by atoms with Crippen molar-refractivity contribution in [1.29, 1.82) is 0 Å². The van der Waals surface area contributed by atoms with Gasteiger partial charge in [0.25, 0.3) is 5.91 Å². The summed E-state index contributed by atoms with van der Waals surface area (Å²) in [6.45, 7) is -0.364. The van der Waals surface area contributed by atoms with E-state index in [1.807, 2.05) is 30.3 Å². The average molecular weight is 299 g/mol. The van der Waals surface area contributed by atoms with E-state index in [2.05, 4.69) is 10.5 Å². The lowest BCUT2D eigenvalue weighted by molar-refractivity contribution is -0.385. The minimum Gasteiger partial charge on any atom is -0.477 e. The first-order valence-corrected chi connectivity index (χ1v) is 6.40. The molecule has 0 saturated carbocycles. The Labute approximate surface area is 126 Å². The predicted molar refractivity (Wildman–Crippen MR) is 80.8 cm³/mol. The van der Waals surface area contributed by atoms with Gasteiger partial charge in [0, 0.05) is 6.07 Å². The SMILES string of the molecule is O=C(COc1ccccc1[N+](=O)[O-])NN=Cc1ccccc1. The fourth-order valence-electron chi connectivity index (χ4n) is 1.62. The number of para-hydroxylation sites is 2. The van der Waals surface area contributed by atoms with Crippen molar-refractivity contribution >= 4 is 17.8 Å². The number of nitrogens with zero attached hydrogens (tertiary/aromatic N) is 2. The second-order valence-electron chi connectivity index (χ2n) is 4.22. The van der Waals surface area contributed by atoms with Gasteiger partial charge in [-0.15, -0.1) is 0 Å². The molecule has 0 aliphatic heterocycles. The summed E-state index contributed by atoms with van der Waals surface area (Å²) >= 11 is 0. The normalized spacial score (nSPS) is 10.4. The fraction of sp³-hybridized carbons (Fsp3) is 0.0667. The van der Waals surface area contributed by atoms with Crippen molar-refractivity contribution in [3.63, 3.8) is 0 Å². The number of nitro benzene ring substituents is 1. The van der Waals surface area contributed by atoms with Crippen LogP contribution in [-0.4, -0.2) is 23.7 Å². The summed E-state index contributed by atoms with van der Waals surface area (Å²) < 4.78 is 5.14. The van der Waals surface area contributed by atoms with Crippen LogP contribution < -0.4 is 10.2 Å². The zero-order valence-corrected chi connectivity index (χ0v) is 11.5. The summed E-state index contributed by atoms with van der Waals surface area (Å²) in [7, 11) is 0. The summed E-state index contributed by atoms with van der Waals surface area (Å²) in [5.41, 5.74) is 2.93. The van der Waals surface area contributed by atoms with Gasteiger partial charge in [0.15, 0.2) is 12.4 Å². The van der Waals surface area contributed by atoms with E-state index in [-0.39, 0.29) is 18.0 Å². The number of hydrogen-bond donors (Lipinski definition) is 1. The van der Waals surface area contributed by atoms with E-state index in [0.717, 1.165) is 5.56 Å². The van der Waals surface area contributed by atoms with Crippen LogP contribution >= 0.6 is 0 Å². The zero-order chi connectivity index (χ0) is 15.8. The van der Waals surface area contributed by atoms with Gasteiger partial charge in [0.2, 0.25) is 0 Å². The van der Waals surface area contributed by atoms with Gasteiger partial charge in [-0.2, -0.15) is 5.10 Å². The Bertz CT molecular complexity index is 686. The Morgan fingerprint density at radius 2 is 1.86 bits per heavy atom. The van der Waals surface area contributed by atoms with Crippen molar-refractivity contribution in [2.75, 3.05) is 6.61 Å². The maximum Gasteiger partial charge on any atom is 0.310 e. The number of carbonyl (C=O) groups is 1. The highest BCUT2D eigenvalue weighted by atomic mass is 16.6. The third kappa shape index (κ3) is 4.41. The highest BCUT2D eigenvalue weighted by Gasteiger charge is 2.14. The molecule has 0 radical (unpaired) electrons. The number of benzene rings is 2. The molecule has 1 N–H and O–H groups in total. The zero-order valence-electron chi connectivity index (χ0n) is 11.5. The highest BCUT2D eigenvalue weighted by molar-refractivity contribution is 5.82. The summed E-state index contributed by atoms with van der Waals surface area (Å²) in [5, 5.41) is 14.6. The molecule has 0 atom stereocenters. The van der Waals surface area contributed by atoms with Gasteiger partial charge in [0.1, 0.15) is 0 Å². The number of carbonyl (C=O) groups excluding carboxylic acids is 1. The van der Waals surface area contributed by atoms with E-state index in [1.54, 1.807) is 6.07 Å². The predicted octanol–water partition coefficient (Wildman–Crippen LogP) is 2.12. The molecule has 0 spiro atoms. The van der Waals surface area contributed by atoms with E-state index in [9.17, 15) is 14.9 Å². The second kappa shape index (κ2) is 7.53. The Morgan fingerprint density at radius 3 is 2.59 bits per heavy atom. The van der Waals surface area contributed by atoms with Crippen molar-refractivity contribution in [2.24, 2.45) is 5.10 Å². The largest absolute Gasteiger partial charge is 0.477 e. The average Bonchev–Trinajstić information content (AvgIpc) is 2.54. The van der Waals surface area contributed by atoms with Crippen molar-refractivity contribution in [2.45, 2.75) is 0 Å². The van der Waals surface area contributed by atoms with Gasteiger partial charge >= 0.3 is 5.69 Å². The molecule has 0 bridgehead atoms. The monoisotopic (exact) mass is 299 g/mol. The van der Waals surface area contributed by atoms with Crippen LogP contribution in [0.2, 0.25) is 0 Å². The first kappa shape index (κ1) is 15.2. The maximum atomic E-state index is 11.6. The first-order chi connectivity index (χ1) is 10.7. The number of rotatable bonds is 6. The van der Waals surface area contributed by atoms with Crippen LogP contribution in [0.15, 0.2) is 59.7 Å². The van der Waals surface area contributed by atoms with Gasteiger partial charge in [0.05, 0.1) is 11.1 Å². The van der Waals surface area contributed by atoms with Crippen molar-refractivity contribution in [1.82, 2.24) is 5.43 Å². The number of amides is 1. The molecule has 7 heteroatoms. The minimum atomic E-state index is -0.569. The minimum absolute atomic E-state index is 0.0367.